The largest absolute Gasteiger partial charge is 0.462 e. The summed E-state index contributed by atoms with van der Waals surface area (Å²) in [4.78, 5) is 23.2. The van der Waals surface area contributed by atoms with Crippen molar-refractivity contribution >= 4 is 11.8 Å². The zero-order chi connectivity index (χ0) is 17.1. The van der Waals surface area contributed by atoms with Crippen LogP contribution in [-0.4, -0.2) is 24.0 Å². The van der Waals surface area contributed by atoms with E-state index in [9.17, 15) is 14.0 Å². The smallest absolute Gasteiger partial charge is 0.302 e. The Hall–Kier alpha value is -1.19. The molecule has 4 aliphatic carbocycles. The molecule has 0 heterocycles. The Bertz CT molecular complexity index is 610. The van der Waals surface area contributed by atoms with Crippen LogP contribution in [-0.2, 0) is 14.3 Å². The molecule has 6 atom stereocenters. The number of halogens is 1. The second-order valence-corrected chi connectivity index (χ2v) is 8.58. The molecule has 0 bridgehead atoms. The first-order valence-electron chi connectivity index (χ1n) is 9.45. The van der Waals surface area contributed by atoms with Gasteiger partial charge >= 0.3 is 5.97 Å². The first-order valence-corrected chi connectivity index (χ1v) is 9.45. The zero-order valence-corrected chi connectivity index (χ0v) is 14.6. The quantitative estimate of drug-likeness (QED) is 0.534. The van der Waals surface area contributed by atoms with E-state index in [4.69, 9.17) is 4.74 Å². The molecular formula is C20H27FO3. The number of Topliss-reactive ketones (excluding diaryl/α,β-unsaturated/α-hetero) is 1. The van der Waals surface area contributed by atoms with Crippen LogP contribution in [0.15, 0.2) is 11.1 Å². The third-order valence-corrected chi connectivity index (χ3v) is 7.48. The van der Waals surface area contributed by atoms with Gasteiger partial charge in [0.2, 0.25) is 0 Å². The summed E-state index contributed by atoms with van der Waals surface area (Å²) in [5, 5.41) is 0. The van der Waals surface area contributed by atoms with Crippen LogP contribution in [0.5, 0.6) is 0 Å². The molecule has 2 saturated carbocycles. The molecule has 4 heteroatoms. The first-order chi connectivity index (χ1) is 11.4. The predicted octanol–water partition coefficient (Wildman–Crippen LogP) is 4.15. The second kappa shape index (κ2) is 5.67. The molecule has 0 aromatic rings. The molecule has 132 valence electrons. The van der Waals surface area contributed by atoms with Crippen LogP contribution in [0, 0.1) is 23.2 Å². The number of carbonyl (C=O) groups is 2. The van der Waals surface area contributed by atoms with Crippen LogP contribution in [0.25, 0.3) is 0 Å². The van der Waals surface area contributed by atoms with Gasteiger partial charge in [-0.2, -0.15) is 0 Å². The minimum absolute atomic E-state index is 0.0400. The van der Waals surface area contributed by atoms with Gasteiger partial charge in [0, 0.05) is 25.2 Å². The minimum atomic E-state index is -1.28. The third-order valence-electron chi connectivity index (χ3n) is 7.48. The van der Waals surface area contributed by atoms with Crippen LogP contribution >= 0.6 is 0 Å². The lowest BCUT2D eigenvalue weighted by atomic mass is 9.54. The summed E-state index contributed by atoms with van der Waals surface area (Å²) in [7, 11) is 0. The van der Waals surface area contributed by atoms with Gasteiger partial charge in [-0.05, 0) is 56.3 Å². The highest BCUT2D eigenvalue weighted by Crippen LogP contribution is 2.61. The van der Waals surface area contributed by atoms with Crippen molar-refractivity contribution in [2.24, 2.45) is 23.2 Å². The van der Waals surface area contributed by atoms with Crippen molar-refractivity contribution in [2.45, 2.75) is 77.5 Å². The molecule has 0 aromatic heterocycles. The van der Waals surface area contributed by atoms with Gasteiger partial charge in [-0.15, -0.1) is 0 Å². The summed E-state index contributed by atoms with van der Waals surface area (Å²) in [6, 6.07) is 0. The standard InChI is InChI=1S/C20H27FO3/c1-11(22)24-19-6-5-16-14-4-3-12-9-18(23)17(21)10-15(12)13(14)7-8-20(16,19)2/h13-14,16-17,19H,3-10H2,1-2H3/t13-,14+,16-,17+,19+,20-/m0/s1. The van der Waals surface area contributed by atoms with Crippen LogP contribution < -0.4 is 0 Å². The van der Waals surface area contributed by atoms with Gasteiger partial charge in [-0.25, -0.2) is 4.39 Å². The molecule has 0 amide bonds. The Morgan fingerprint density at radius 1 is 1.25 bits per heavy atom. The lowest BCUT2D eigenvalue weighted by molar-refractivity contribution is -0.155. The molecule has 0 unspecified atom stereocenters. The molecule has 3 nitrogen and oxygen atoms in total. The summed E-state index contributed by atoms with van der Waals surface area (Å²) in [5.74, 6) is 1.19. The molecule has 4 rings (SSSR count). The Labute approximate surface area is 143 Å². The second-order valence-electron chi connectivity index (χ2n) is 8.58. The van der Waals surface area contributed by atoms with Crippen molar-refractivity contribution in [1.29, 1.82) is 0 Å². The zero-order valence-electron chi connectivity index (χ0n) is 14.6. The van der Waals surface area contributed by atoms with Crippen LogP contribution in [0.3, 0.4) is 0 Å². The molecule has 0 saturated heterocycles. The van der Waals surface area contributed by atoms with Crippen molar-refractivity contribution in [3.05, 3.63) is 11.1 Å². The summed E-state index contributed by atoms with van der Waals surface area (Å²) in [5.41, 5.74) is 2.59. The third kappa shape index (κ3) is 2.36. The lowest BCUT2D eigenvalue weighted by Gasteiger charge is -2.51. The molecule has 0 aliphatic heterocycles. The van der Waals surface area contributed by atoms with Gasteiger partial charge in [0.05, 0.1) is 0 Å². The Balaban J connectivity index is 1.59. The van der Waals surface area contributed by atoms with E-state index in [0.717, 1.165) is 38.5 Å². The lowest BCUT2D eigenvalue weighted by Crippen LogP contribution is -2.46. The maximum atomic E-state index is 14.0. The van der Waals surface area contributed by atoms with Gasteiger partial charge in [-0.1, -0.05) is 18.1 Å². The van der Waals surface area contributed by atoms with Gasteiger partial charge < -0.3 is 4.74 Å². The fourth-order valence-corrected chi connectivity index (χ4v) is 6.36. The van der Waals surface area contributed by atoms with Gasteiger partial charge in [0.1, 0.15) is 6.10 Å². The summed E-state index contributed by atoms with van der Waals surface area (Å²) >= 11 is 0. The van der Waals surface area contributed by atoms with Crippen LogP contribution in [0.2, 0.25) is 0 Å². The van der Waals surface area contributed by atoms with Gasteiger partial charge in [0.25, 0.3) is 0 Å². The topological polar surface area (TPSA) is 43.4 Å². The van der Waals surface area contributed by atoms with E-state index >= 15 is 0 Å². The van der Waals surface area contributed by atoms with Gasteiger partial charge in [-0.3, -0.25) is 9.59 Å². The minimum Gasteiger partial charge on any atom is -0.462 e. The molecule has 2 fully saturated rings. The number of hydrogen-bond acceptors (Lipinski definition) is 3. The molecule has 24 heavy (non-hydrogen) atoms. The molecular weight excluding hydrogens is 307 g/mol. The van der Waals surface area contributed by atoms with E-state index < -0.39 is 6.17 Å². The van der Waals surface area contributed by atoms with Crippen LogP contribution in [0.4, 0.5) is 4.39 Å². The number of allylic oxidation sites excluding steroid dienone is 2. The van der Waals surface area contributed by atoms with Crippen molar-refractivity contribution < 1.29 is 18.7 Å². The molecule has 0 radical (unpaired) electrons. The maximum Gasteiger partial charge on any atom is 0.302 e. The predicted molar refractivity (Wildman–Crippen MR) is 88.0 cm³/mol. The fourth-order valence-electron chi connectivity index (χ4n) is 6.36. The van der Waals surface area contributed by atoms with Crippen LogP contribution in [0.1, 0.15) is 65.2 Å². The number of esters is 1. The SMILES string of the molecule is CC(=O)O[C@@H]1CC[C@H]2[C@@H]3CCC4=C(C[C@@H](F)C(=O)C4)[C@H]3CC[C@]12C. The van der Waals surface area contributed by atoms with E-state index in [-0.39, 0.29) is 23.3 Å². The Morgan fingerprint density at radius 3 is 2.79 bits per heavy atom. The summed E-state index contributed by atoms with van der Waals surface area (Å²) < 4.78 is 19.7. The monoisotopic (exact) mass is 334 g/mol. The van der Waals surface area contributed by atoms with Crippen molar-refractivity contribution in [3.8, 4) is 0 Å². The highest BCUT2D eigenvalue weighted by Gasteiger charge is 2.56. The first kappa shape index (κ1) is 16.3. The number of ketones is 1. The molecule has 0 spiro atoms. The number of hydrogen-bond donors (Lipinski definition) is 0. The van der Waals surface area contributed by atoms with E-state index in [0.29, 0.717) is 30.6 Å². The molecule has 4 aliphatic rings. The van der Waals surface area contributed by atoms with Gasteiger partial charge in [0.15, 0.2) is 12.0 Å². The highest BCUT2D eigenvalue weighted by atomic mass is 19.1. The van der Waals surface area contributed by atoms with E-state index in [1.54, 1.807) is 0 Å². The van der Waals surface area contributed by atoms with Crippen molar-refractivity contribution in [3.63, 3.8) is 0 Å². The molecule has 0 aromatic carbocycles. The average molecular weight is 334 g/mol. The summed E-state index contributed by atoms with van der Waals surface area (Å²) in [6.07, 6.45) is 5.67. The normalized spacial score (nSPS) is 44.6. The van der Waals surface area contributed by atoms with E-state index in [1.807, 2.05) is 0 Å². The number of alkyl halides is 1. The number of ether oxygens (including phenoxy) is 1. The number of fused-ring (bicyclic) bond motifs is 4. The Morgan fingerprint density at radius 2 is 2.04 bits per heavy atom. The fraction of sp³-hybridized carbons (Fsp3) is 0.800. The Kier molecular flexibility index (Phi) is 3.85. The highest BCUT2D eigenvalue weighted by molar-refractivity contribution is 5.87. The van der Waals surface area contributed by atoms with E-state index in [2.05, 4.69) is 6.92 Å². The summed E-state index contributed by atoms with van der Waals surface area (Å²) in [6.45, 7) is 3.79. The average Bonchev–Trinajstić information content (AvgIpc) is 2.85. The maximum absolute atomic E-state index is 14.0. The van der Waals surface area contributed by atoms with E-state index in [1.165, 1.54) is 18.1 Å². The van der Waals surface area contributed by atoms with Crippen molar-refractivity contribution in [2.75, 3.05) is 0 Å². The number of rotatable bonds is 1. The number of carbonyl (C=O) groups excluding carboxylic acids is 2. The molecule has 0 N–H and O–H groups in total. The van der Waals surface area contributed by atoms with Crippen molar-refractivity contribution in [1.82, 2.24) is 0 Å².